The van der Waals surface area contributed by atoms with Gasteiger partial charge in [0.25, 0.3) is 5.91 Å². The molecule has 0 aliphatic rings. The molecule has 0 unspecified atom stereocenters. The molecule has 0 bridgehead atoms. The van der Waals surface area contributed by atoms with Gasteiger partial charge in [-0.05, 0) is 24.3 Å². The average molecular weight is 416 g/mol. The molecule has 0 fully saturated rings. The molecule has 2 heterocycles. The fourth-order valence-corrected chi connectivity index (χ4v) is 3.64. The maximum absolute atomic E-state index is 13.8. The van der Waals surface area contributed by atoms with Gasteiger partial charge in [0.05, 0.1) is 11.3 Å². The fraction of sp³-hybridized carbons (Fsp3) is 0. The van der Waals surface area contributed by atoms with Crippen LogP contribution in [0.25, 0.3) is 22.2 Å². The number of nitrogens with one attached hydrogen (secondary N) is 2. The summed E-state index contributed by atoms with van der Waals surface area (Å²) in [6.07, 6.45) is 1.89. The molecule has 0 aliphatic carbocycles. The molecule has 0 saturated heterocycles. The summed E-state index contributed by atoms with van der Waals surface area (Å²) in [6.45, 7) is 0. The van der Waals surface area contributed by atoms with Crippen molar-refractivity contribution in [3.8, 4) is 11.3 Å². The number of aromatic nitrogens is 2. The minimum Gasteiger partial charge on any atom is -0.360 e. The van der Waals surface area contributed by atoms with Crippen molar-refractivity contribution < 1.29 is 9.18 Å². The van der Waals surface area contributed by atoms with E-state index in [-0.39, 0.29) is 5.56 Å². The fourth-order valence-electron chi connectivity index (χ4n) is 2.57. The molecule has 124 valence electrons. The van der Waals surface area contributed by atoms with E-state index in [1.54, 1.807) is 6.07 Å². The third kappa shape index (κ3) is 3.08. The first-order chi connectivity index (χ1) is 12.1. The highest BCUT2D eigenvalue weighted by Gasteiger charge is 2.15. The van der Waals surface area contributed by atoms with Crippen LogP contribution in [0.15, 0.2) is 58.5 Å². The number of thiazole rings is 1. The summed E-state index contributed by atoms with van der Waals surface area (Å²) in [5.74, 6) is -1.10. The smallest absolute Gasteiger partial charge is 0.260 e. The Morgan fingerprint density at radius 2 is 2.08 bits per heavy atom. The van der Waals surface area contributed by atoms with Gasteiger partial charge in [0.2, 0.25) is 0 Å². The molecule has 25 heavy (non-hydrogen) atoms. The van der Waals surface area contributed by atoms with Crippen molar-refractivity contribution in [1.82, 2.24) is 9.97 Å². The second-order valence-corrected chi connectivity index (χ2v) is 7.14. The predicted molar refractivity (Wildman–Crippen MR) is 101 cm³/mol. The third-order valence-corrected chi connectivity index (χ3v) is 5.01. The van der Waals surface area contributed by atoms with Crippen molar-refractivity contribution in [3.63, 3.8) is 0 Å². The van der Waals surface area contributed by atoms with Crippen molar-refractivity contribution in [3.05, 3.63) is 69.9 Å². The molecule has 1 amide bonds. The molecule has 2 aromatic carbocycles. The Balaban J connectivity index is 1.61. The zero-order valence-electron chi connectivity index (χ0n) is 12.7. The zero-order chi connectivity index (χ0) is 17.4. The van der Waals surface area contributed by atoms with Gasteiger partial charge in [-0.25, -0.2) is 9.37 Å². The number of hydrogen-bond donors (Lipinski definition) is 2. The van der Waals surface area contributed by atoms with Gasteiger partial charge in [0.15, 0.2) is 5.13 Å². The summed E-state index contributed by atoms with van der Waals surface area (Å²) in [5.41, 5.74) is 2.71. The maximum Gasteiger partial charge on any atom is 0.260 e. The van der Waals surface area contributed by atoms with Gasteiger partial charge in [-0.2, -0.15) is 0 Å². The molecule has 4 aromatic rings. The van der Waals surface area contributed by atoms with E-state index in [2.05, 4.69) is 31.2 Å². The lowest BCUT2D eigenvalue weighted by Gasteiger charge is -2.03. The van der Waals surface area contributed by atoms with Crippen molar-refractivity contribution in [2.45, 2.75) is 0 Å². The molecule has 0 aliphatic heterocycles. The second kappa shape index (κ2) is 6.42. The van der Waals surface area contributed by atoms with Gasteiger partial charge in [-0.15, -0.1) is 11.3 Å². The van der Waals surface area contributed by atoms with Gasteiger partial charge in [-0.3, -0.25) is 10.1 Å². The second-order valence-electron chi connectivity index (χ2n) is 5.36. The van der Waals surface area contributed by atoms with E-state index in [9.17, 15) is 9.18 Å². The molecule has 7 heteroatoms. The van der Waals surface area contributed by atoms with Crippen LogP contribution in [-0.4, -0.2) is 15.9 Å². The van der Waals surface area contributed by atoms with Crippen molar-refractivity contribution >= 4 is 49.2 Å². The normalized spacial score (nSPS) is 11.0. The molecule has 4 nitrogen and oxygen atoms in total. The van der Waals surface area contributed by atoms with Gasteiger partial charge in [0.1, 0.15) is 5.82 Å². The Bertz CT molecular complexity index is 1090. The number of amides is 1. The first kappa shape index (κ1) is 16.0. The number of carbonyl (C=O) groups excluding carboxylic acids is 1. The van der Waals surface area contributed by atoms with Crippen molar-refractivity contribution in [2.75, 3.05) is 5.32 Å². The topological polar surface area (TPSA) is 57.8 Å². The van der Waals surface area contributed by atoms with E-state index in [1.807, 2.05) is 35.8 Å². The predicted octanol–water partition coefficient (Wildman–Crippen LogP) is 5.45. The van der Waals surface area contributed by atoms with Crippen LogP contribution in [0.3, 0.4) is 0 Å². The summed E-state index contributed by atoms with van der Waals surface area (Å²) >= 11 is 4.54. The summed E-state index contributed by atoms with van der Waals surface area (Å²) in [7, 11) is 0. The number of anilines is 1. The number of benzene rings is 2. The number of hydrogen-bond acceptors (Lipinski definition) is 3. The van der Waals surface area contributed by atoms with E-state index in [0.29, 0.717) is 9.60 Å². The van der Waals surface area contributed by atoms with Gasteiger partial charge >= 0.3 is 0 Å². The molecular weight excluding hydrogens is 405 g/mol. The lowest BCUT2D eigenvalue weighted by atomic mass is 10.1. The molecule has 4 rings (SSSR count). The van der Waals surface area contributed by atoms with Crippen molar-refractivity contribution in [2.24, 2.45) is 0 Å². The van der Waals surface area contributed by atoms with E-state index in [4.69, 9.17) is 0 Å². The van der Waals surface area contributed by atoms with Crippen LogP contribution in [0.2, 0.25) is 0 Å². The maximum atomic E-state index is 13.8. The van der Waals surface area contributed by atoms with E-state index in [0.717, 1.165) is 22.2 Å². The largest absolute Gasteiger partial charge is 0.360 e. The first-order valence-corrected chi connectivity index (χ1v) is 9.07. The van der Waals surface area contributed by atoms with Crippen LogP contribution in [0.4, 0.5) is 9.52 Å². The van der Waals surface area contributed by atoms with E-state index >= 15 is 0 Å². The molecule has 2 aromatic heterocycles. The standard InChI is InChI=1S/C18H11BrFN3OS/c19-10-5-6-14(20)12(7-10)17(24)23-18-22-16(9-25-18)13-8-21-15-4-2-1-3-11(13)15/h1-9,21H,(H,22,23,24). The van der Waals surface area contributed by atoms with Crippen LogP contribution in [0.5, 0.6) is 0 Å². The van der Waals surface area contributed by atoms with Crippen LogP contribution < -0.4 is 5.32 Å². The number of H-pyrrole nitrogens is 1. The Kier molecular flexibility index (Phi) is 4.10. The third-order valence-electron chi connectivity index (χ3n) is 3.76. The molecular formula is C18H11BrFN3OS. The van der Waals surface area contributed by atoms with Crippen LogP contribution >= 0.6 is 27.3 Å². The summed E-state index contributed by atoms with van der Waals surface area (Å²) in [4.78, 5) is 19.9. The Hall–Kier alpha value is -2.51. The van der Waals surface area contributed by atoms with Crippen molar-refractivity contribution in [1.29, 1.82) is 0 Å². The molecule has 2 N–H and O–H groups in total. The number of nitrogens with zero attached hydrogens (tertiary/aromatic N) is 1. The molecule has 0 radical (unpaired) electrons. The minimum absolute atomic E-state index is 0.0294. The zero-order valence-corrected chi connectivity index (χ0v) is 15.1. The Morgan fingerprint density at radius 3 is 2.96 bits per heavy atom. The van der Waals surface area contributed by atoms with Crippen LogP contribution in [0.1, 0.15) is 10.4 Å². The average Bonchev–Trinajstić information content (AvgIpc) is 3.23. The number of aromatic amines is 1. The molecule has 0 spiro atoms. The highest BCUT2D eigenvalue weighted by atomic mass is 79.9. The van der Waals surface area contributed by atoms with Gasteiger partial charge in [-0.1, -0.05) is 34.1 Å². The number of fused-ring (bicyclic) bond motifs is 1. The quantitative estimate of drug-likeness (QED) is 0.467. The number of para-hydroxylation sites is 1. The van der Waals surface area contributed by atoms with Crippen LogP contribution in [-0.2, 0) is 0 Å². The SMILES string of the molecule is O=C(Nc1nc(-c2c[nH]c3ccccc23)cs1)c1cc(Br)ccc1F. The lowest BCUT2D eigenvalue weighted by molar-refractivity contribution is 0.102. The lowest BCUT2D eigenvalue weighted by Crippen LogP contribution is -2.13. The highest BCUT2D eigenvalue weighted by molar-refractivity contribution is 9.10. The monoisotopic (exact) mass is 415 g/mol. The summed E-state index contributed by atoms with van der Waals surface area (Å²) in [5, 5.41) is 6.00. The number of carbonyl (C=O) groups is 1. The van der Waals surface area contributed by atoms with E-state index < -0.39 is 11.7 Å². The summed E-state index contributed by atoms with van der Waals surface area (Å²) in [6, 6.07) is 12.2. The Labute approximate surface area is 154 Å². The van der Waals surface area contributed by atoms with Crippen LogP contribution in [0, 0.1) is 5.82 Å². The minimum atomic E-state index is -0.575. The molecule has 0 atom stereocenters. The molecule has 0 saturated carbocycles. The number of halogens is 2. The van der Waals surface area contributed by atoms with Gasteiger partial charge < -0.3 is 4.98 Å². The van der Waals surface area contributed by atoms with E-state index in [1.165, 1.54) is 23.5 Å². The van der Waals surface area contributed by atoms with Gasteiger partial charge in [0, 0.05) is 32.5 Å². The summed E-state index contributed by atoms with van der Waals surface area (Å²) < 4.78 is 14.5. The Morgan fingerprint density at radius 1 is 1.24 bits per heavy atom. The number of rotatable bonds is 3. The highest BCUT2D eigenvalue weighted by Crippen LogP contribution is 2.31. The first-order valence-electron chi connectivity index (χ1n) is 7.40.